The second kappa shape index (κ2) is 5.47. The summed E-state index contributed by atoms with van der Waals surface area (Å²) in [5, 5.41) is 12.6. The molecule has 0 aliphatic carbocycles. The Kier molecular flexibility index (Phi) is 4.54. The third-order valence-electron chi connectivity index (χ3n) is 2.65. The van der Waals surface area contributed by atoms with E-state index in [9.17, 15) is 9.90 Å². The average Bonchev–Trinajstić information content (AvgIpc) is 2.60. The molecule has 0 spiro atoms. The molecule has 0 bridgehead atoms. The topological polar surface area (TPSA) is 58.6 Å². The van der Waals surface area contributed by atoms with Crippen LogP contribution < -0.4 is 5.32 Å². The molecule has 1 saturated heterocycles. The van der Waals surface area contributed by atoms with Crippen LogP contribution in [0.2, 0.25) is 0 Å². The molecule has 0 aromatic heterocycles. The first-order valence-corrected chi connectivity index (χ1v) is 5.59. The highest BCUT2D eigenvalue weighted by atomic mass is 16.5. The summed E-state index contributed by atoms with van der Waals surface area (Å²) in [6.07, 6.45) is 2.03. The second-order valence-electron chi connectivity index (χ2n) is 4.74. The van der Waals surface area contributed by atoms with E-state index in [4.69, 9.17) is 4.74 Å². The molecule has 1 aliphatic heterocycles. The maximum Gasteiger partial charge on any atom is 0.220 e. The summed E-state index contributed by atoms with van der Waals surface area (Å²) in [7, 11) is 0. The first-order chi connectivity index (χ1) is 7.02. The predicted molar refractivity (Wildman–Crippen MR) is 57.5 cm³/mol. The Morgan fingerprint density at radius 1 is 1.60 bits per heavy atom. The Labute approximate surface area is 91.0 Å². The zero-order valence-corrected chi connectivity index (χ0v) is 9.58. The van der Waals surface area contributed by atoms with Crippen molar-refractivity contribution < 1.29 is 14.6 Å². The number of hydrogen-bond donors (Lipinski definition) is 2. The molecule has 1 amide bonds. The minimum absolute atomic E-state index is 0.0176. The predicted octanol–water partition coefficient (Wildman–Crippen LogP) is 0.690. The first-order valence-electron chi connectivity index (χ1n) is 5.59. The van der Waals surface area contributed by atoms with Crippen LogP contribution in [0.15, 0.2) is 0 Å². The smallest absolute Gasteiger partial charge is 0.220 e. The van der Waals surface area contributed by atoms with Crippen molar-refractivity contribution in [3.05, 3.63) is 0 Å². The van der Waals surface area contributed by atoms with E-state index in [1.165, 1.54) is 0 Å². The van der Waals surface area contributed by atoms with Gasteiger partial charge in [-0.25, -0.2) is 0 Å². The van der Waals surface area contributed by atoms with E-state index in [0.717, 1.165) is 6.42 Å². The van der Waals surface area contributed by atoms with Crippen molar-refractivity contribution in [3.8, 4) is 0 Å². The molecule has 4 nitrogen and oxygen atoms in total. The zero-order chi connectivity index (χ0) is 11.3. The molecule has 0 radical (unpaired) electrons. The van der Waals surface area contributed by atoms with Crippen LogP contribution in [0.5, 0.6) is 0 Å². The molecule has 1 atom stereocenters. The highest BCUT2D eigenvalue weighted by Gasteiger charge is 2.32. The summed E-state index contributed by atoms with van der Waals surface area (Å²) in [5.74, 6) is 0.553. The van der Waals surface area contributed by atoms with Crippen LogP contribution in [0.25, 0.3) is 0 Å². The average molecular weight is 215 g/mol. The molecular formula is C11H21NO3. The van der Waals surface area contributed by atoms with Gasteiger partial charge >= 0.3 is 0 Å². The molecular weight excluding hydrogens is 194 g/mol. The maximum atomic E-state index is 11.4. The van der Waals surface area contributed by atoms with E-state index in [-0.39, 0.29) is 5.91 Å². The lowest BCUT2D eigenvalue weighted by Gasteiger charge is -2.20. The van der Waals surface area contributed by atoms with Crippen molar-refractivity contribution in [2.75, 3.05) is 19.8 Å². The van der Waals surface area contributed by atoms with Crippen molar-refractivity contribution in [2.45, 2.75) is 38.7 Å². The highest BCUT2D eigenvalue weighted by Crippen LogP contribution is 2.16. The molecule has 1 heterocycles. The van der Waals surface area contributed by atoms with E-state index in [0.29, 0.717) is 38.5 Å². The Morgan fingerprint density at radius 3 is 2.87 bits per heavy atom. The van der Waals surface area contributed by atoms with Crippen molar-refractivity contribution in [2.24, 2.45) is 5.92 Å². The number of hydrogen-bond acceptors (Lipinski definition) is 3. The van der Waals surface area contributed by atoms with Crippen LogP contribution in [0, 0.1) is 5.92 Å². The van der Waals surface area contributed by atoms with Crippen LogP contribution in [0.4, 0.5) is 0 Å². The number of amides is 1. The molecule has 0 saturated carbocycles. The molecule has 4 heteroatoms. The van der Waals surface area contributed by atoms with Gasteiger partial charge in [0.15, 0.2) is 0 Å². The van der Waals surface area contributed by atoms with Gasteiger partial charge in [-0.15, -0.1) is 0 Å². The normalized spacial score (nSPS) is 25.9. The molecule has 0 aromatic rings. The van der Waals surface area contributed by atoms with E-state index in [1.54, 1.807) is 0 Å². The van der Waals surface area contributed by atoms with Gasteiger partial charge in [0.25, 0.3) is 0 Å². The van der Waals surface area contributed by atoms with Gasteiger partial charge in [-0.3, -0.25) is 4.79 Å². The van der Waals surface area contributed by atoms with Crippen molar-refractivity contribution in [1.82, 2.24) is 5.32 Å². The summed E-state index contributed by atoms with van der Waals surface area (Å²) in [5.41, 5.74) is -0.840. The summed E-state index contributed by atoms with van der Waals surface area (Å²) >= 11 is 0. The molecule has 15 heavy (non-hydrogen) atoms. The molecule has 1 aliphatic rings. The van der Waals surface area contributed by atoms with E-state index in [1.807, 2.05) is 0 Å². The summed E-state index contributed by atoms with van der Waals surface area (Å²) < 4.78 is 5.09. The monoisotopic (exact) mass is 215 g/mol. The molecule has 0 aromatic carbocycles. The van der Waals surface area contributed by atoms with Crippen LogP contribution in [-0.2, 0) is 9.53 Å². The number of rotatable bonds is 5. The number of carbonyl (C=O) groups is 1. The molecule has 1 rings (SSSR count). The lowest BCUT2D eigenvalue weighted by molar-refractivity contribution is -0.122. The number of aliphatic hydroxyl groups is 1. The Hall–Kier alpha value is -0.610. The Bertz CT molecular complexity index is 210. The lowest BCUT2D eigenvalue weighted by atomic mass is 10.0. The van der Waals surface area contributed by atoms with Gasteiger partial charge in [0.1, 0.15) is 5.60 Å². The summed E-state index contributed by atoms with van der Waals surface area (Å²) in [4.78, 5) is 11.4. The summed E-state index contributed by atoms with van der Waals surface area (Å²) in [6, 6.07) is 0. The largest absolute Gasteiger partial charge is 0.386 e. The molecule has 0 unspecified atom stereocenters. The Morgan fingerprint density at radius 2 is 2.33 bits per heavy atom. The van der Waals surface area contributed by atoms with Crippen molar-refractivity contribution >= 4 is 5.91 Å². The van der Waals surface area contributed by atoms with Gasteiger partial charge in [0, 0.05) is 26.0 Å². The number of nitrogens with one attached hydrogen (secondary N) is 1. The lowest BCUT2D eigenvalue weighted by Crippen LogP contribution is -2.43. The van der Waals surface area contributed by atoms with Gasteiger partial charge in [0.2, 0.25) is 5.91 Å². The number of carbonyl (C=O) groups excluding carboxylic acids is 1. The third kappa shape index (κ3) is 4.62. The van der Waals surface area contributed by atoms with Crippen LogP contribution in [-0.4, -0.2) is 36.4 Å². The van der Waals surface area contributed by atoms with Gasteiger partial charge in [-0.1, -0.05) is 13.8 Å². The van der Waals surface area contributed by atoms with E-state index < -0.39 is 5.60 Å². The minimum Gasteiger partial charge on any atom is -0.386 e. The maximum absolute atomic E-state index is 11.4. The third-order valence-corrected chi connectivity index (χ3v) is 2.65. The van der Waals surface area contributed by atoms with Gasteiger partial charge < -0.3 is 15.2 Å². The molecule has 2 N–H and O–H groups in total. The van der Waals surface area contributed by atoms with Gasteiger partial charge in [-0.05, 0) is 12.3 Å². The first kappa shape index (κ1) is 12.5. The van der Waals surface area contributed by atoms with Crippen molar-refractivity contribution in [1.29, 1.82) is 0 Å². The Balaban J connectivity index is 2.16. The van der Waals surface area contributed by atoms with E-state index in [2.05, 4.69) is 19.2 Å². The van der Waals surface area contributed by atoms with Gasteiger partial charge in [-0.2, -0.15) is 0 Å². The molecule has 88 valence electrons. The van der Waals surface area contributed by atoms with E-state index >= 15 is 0 Å². The van der Waals surface area contributed by atoms with Crippen LogP contribution in [0.1, 0.15) is 33.1 Å². The van der Waals surface area contributed by atoms with Gasteiger partial charge in [0.05, 0.1) is 6.61 Å². The van der Waals surface area contributed by atoms with Crippen LogP contribution >= 0.6 is 0 Å². The minimum atomic E-state index is -0.840. The standard InChI is InChI=1S/C11H21NO3/c1-9(2)3-4-10(13)12-7-11(14)5-6-15-8-11/h9,14H,3-8H2,1-2H3,(H,12,13)/t11-/m1/s1. The second-order valence-corrected chi connectivity index (χ2v) is 4.74. The van der Waals surface area contributed by atoms with Crippen molar-refractivity contribution in [3.63, 3.8) is 0 Å². The highest BCUT2D eigenvalue weighted by molar-refractivity contribution is 5.75. The molecule has 1 fully saturated rings. The fourth-order valence-corrected chi connectivity index (χ4v) is 1.51. The quantitative estimate of drug-likeness (QED) is 0.709. The number of ether oxygens (including phenoxy) is 1. The fraction of sp³-hybridized carbons (Fsp3) is 0.909. The summed E-state index contributed by atoms with van der Waals surface area (Å²) in [6.45, 7) is 5.40. The SMILES string of the molecule is CC(C)CCC(=O)NC[C@]1(O)CCOC1. The fourth-order valence-electron chi connectivity index (χ4n) is 1.51. The zero-order valence-electron chi connectivity index (χ0n) is 9.58. The van der Waals surface area contributed by atoms with Crippen LogP contribution in [0.3, 0.4) is 0 Å².